The molecule has 2 aromatic rings. The van der Waals surface area contributed by atoms with E-state index < -0.39 is 5.60 Å². The summed E-state index contributed by atoms with van der Waals surface area (Å²) in [4.78, 5) is 21.1. The summed E-state index contributed by atoms with van der Waals surface area (Å²) in [6, 6.07) is 6.32. The minimum atomic E-state index is -0.483. The lowest BCUT2D eigenvalue weighted by Gasteiger charge is -2.41. The summed E-state index contributed by atoms with van der Waals surface area (Å²) < 4.78 is 16.2. The number of methoxy groups -OCH3 is 2. The van der Waals surface area contributed by atoms with E-state index in [1.54, 1.807) is 14.2 Å². The van der Waals surface area contributed by atoms with Crippen molar-refractivity contribution in [2.45, 2.75) is 39.3 Å². The van der Waals surface area contributed by atoms with Crippen molar-refractivity contribution in [1.29, 1.82) is 0 Å². The first-order valence-electron chi connectivity index (χ1n) is 10.7. The summed E-state index contributed by atoms with van der Waals surface area (Å²) in [6.07, 6.45) is 1.47. The Bertz CT molecular complexity index is 912. The highest BCUT2D eigenvalue weighted by Gasteiger charge is 2.25. The molecule has 1 aliphatic rings. The van der Waals surface area contributed by atoms with Crippen LogP contribution >= 0.6 is 0 Å². The number of rotatable bonds is 6. The second-order valence-electron chi connectivity index (χ2n) is 8.81. The van der Waals surface area contributed by atoms with Gasteiger partial charge in [0.1, 0.15) is 5.60 Å². The largest absolute Gasteiger partial charge is 0.493 e. The number of alkyl carbamates (subject to hydrolysis) is 1. The fourth-order valence-corrected chi connectivity index (χ4v) is 3.90. The molecule has 1 N–H and O–H groups in total. The molecule has 1 aromatic heterocycles. The van der Waals surface area contributed by atoms with Gasteiger partial charge in [-0.3, -0.25) is 9.88 Å². The summed E-state index contributed by atoms with van der Waals surface area (Å²) in [6.45, 7) is 11.9. The Kier molecular flexibility index (Phi) is 7.10. The predicted octanol–water partition coefficient (Wildman–Crippen LogP) is 3.29. The lowest BCUT2D eigenvalue weighted by atomic mass is 10.1. The zero-order valence-electron chi connectivity index (χ0n) is 19.4. The number of pyridine rings is 1. The zero-order chi connectivity index (χ0) is 22.6. The molecule has 1 fully saturated rings. The molecule has 8 nitrogen and oxygen atoms in total. The second kappa shape index (κ2) is 9.60. The summed E-state index contributed by atoms with van der Waals surface area (Å²) in [7, 11) is 3.28. The molecule has 3 rings (SSSR count). The second-order valence-corrected chi connectivity index (χ2v) is 8.81. The lowest BCUT2D eigenvalue weighted by molar-refractivity contribution is 0.0517. The Morgan fingerprint density at radius 2 is 1.90 bits per heavy atom. The molecule has 31 heavy (non-hydrogen) atoms. The van der Waals surface area contributed by atoms with Gasteiger partial charge in [-0.25, -0.2) is 4.79 Å². The number of carbonyl (C=O) groups excluding carboxylic acids is 1. The molecule has 8 heteroatoms. The van der Waals surface area contributed by atoms with Crippen LogP contribution in [0.1, 0.15) is 27.7 Å². The van der Waals surface area contributed by atoms with Crippen LogP contribution in [0.4, 0.5) is 10.5 Å². The average Bonchev–Trinajstić information content (AvgIpc) is 2.72. The number of hydrogen-bond donors (Lipinski definition) is 1. The molecule has 1 saturated heterocycles. The smallest absolute Gasteiger partial charge is 0.407 e. The number of amides is 1. The third-order valence-corrected chi connectivity index (χ3v) is 5.40. The molecule has 0 saturated carbocycles. The van der Waals surface area contributed by atoms with Gasteiger partial charge in [0.25, 0.3) is 0 Å². The first kappa shape index (κ1) is 22.9. The number of aromatic nitrogens is 1. The highest BCUT2D eigenvalue weighted by molar-refractivity contribution is 5.94. The van der Waals surface area contributed by atoms with Gasteiger partial charge in [-0.05, 0) is 39.8 Å². The van der Waals surface area contributed by atoms with Crippen molar-refractivity contribution < 1.29 is 19.0 Å². The van der Waals surface area contributed by atoms with Crippen LogP contribution in [-0.4, -0.2) is 74.6 Å². The average molecular weight is 431 g/mol. The SMILES string of the molecule is COc1cc2nccc(N3CCN(CCNC(=O)OC(C)(C)C)[C@H](C)C3)c2cc1OC. The van der Waals surface area contributed by atoms with Crippen molar-refractivity contribution in [3.05, 3.63) is 24.4 Å². The van der Waals surface area contributed by atoms with Crippen molar-refractivity contribution in [2.75, 3.05) is 51.8 Å². The van der Waals surface area contributed by atoms with Crippen LogP contribution in [0.25, 0.3) is 10.9 Å². The van der Waals surface area contributed by atoms with Crippen LogP contribution in [0.15, 0.2) is 24.4 Å². The molecular formula is C23H34N4O4. The maximum absolute atomic E-state index is 11.9. The summed E-state index contributed by atoms with van der Waals surface area (Å²) in [5, 5.41) is 3.90. The Hall–Kier alpha value is -2.74. The van der Waals surface area contributed by atoms with E-state index in [0.717, 1.165) is 42.8 Å². The molecule has 0 unspecified atom stereocenters. The maximum Gasteiger partial charge on any atom is 0.407 e. The summed E-state index contributed by atoms with van der Waals surface area (Å²) >= 11 is 0. The van der Waals surface area contributed by atoms with E-state index in [0.29, 0.717) is 24.1 Å². The fraction of sp³-hybridized carbons (Fsp3) is 0.565. The summed E-state index contributed by atoms with van der Waals surface area (Å²) in [5.74, 6) is 1.37. The van der Waals surface area contributed by atoms with E-state index in [1.807, 2.05) is 39.1 Å². The number of carbonyl (C=O) groups is 1. The molecule has 1 aromatic carbocycles. The maximum atomic E-state index is 11.9. The van der Waals surface area contributed by atoms with Gasteiger partial charge in [0.2, 0.25) is 0 Å². The molecule has 0 aliphatic carbocycles. The van der Waals surface area contributed by atoms with Gasteiger partial charge in [-0.2, -0.15) is 0 Å². The summed E-state index contributed by atoms with van der Waals surface area (Å²) in [5.41, 5.74) is 1.54. The Labute approximate surface area is 184 Å². The van der Waals surface area contributed by atoms with E-state index in [1.165, 1.54) is 0 Å². The van der Waals surface area contributed by atoms with Crippen molar-refractivity contribution in [1.82, 2.24) is 15.2 Å². The van der Waals surface area contributed by atoms with Gasteiger partial charge in [-0.1, -0.05) is 0 Å². The van der Waals surface area contributed by atoms with Gasteiger partial charge in [0, 0.05) is 62.1 Å². The minimum Gasteiger partial charge on any atom is -0.493 e. The van der Waals surface area contributed by atoms with Gasteiger partial charge in [-0.15, -0.1) is 0 Å². The van der Waals surface area contributed by atoms with Crippen LogP contribution in [0.3, 0.4) is 0 Å². The molecular weight excluding hydrogens is 396 g/mol. The van der Waals surface area contributed by atoms with Gasteiger partial charge in [0.05, 0.1) is 19.7 Å². The van der Waals surface area contributed by atoms with Crippen LogP contribution in [-0.2, 0) is 4.74 Å². The van der Waals surface area contributed by atoms with E-state index >= 15 is 0 Å². The number of nitrogens with zero attached hydrogens (tertiary/aromatic N) is 3. The Balaban J connectivity index is 1.64. The molecule has 0 bridgehead atoms. The van der Waals surface area contributed by atoms with Crippen LogP contribution in [0.2, 0.25) is 0 Å². The van der Waals surface area contributed by atoms with Gasteiger partial charge >= 0.3 is 6.09 Å². The molecule has 2 heterocycles. The van der Waals surface area contributed by atoms with E-state index in [4.69, 9.17) is 14.2 Å². The fourth-order valence-electron chi connectivity index (χ4n) is 3.90. The number of nitrogens with one attached hydrogen (secondary N) is 1. The number of anilines is 1. The van der Waals surface area contributed by atoms with Gasteiger partial charge in [0.15, 0.2) is 11.5 Å². The van der Waals surface area contributed by atoms with Crippen LogP contribution < -0.4 is 19.7 Å². The van der Waals surface area contributed by atoms with Crippen LogP contribution in [0.5, 0.6) is 11.5 Å². The number of hydrogen-bond acceptors (Lipinski definition) is 7. The van der Waals surface area contributed by atoms with Crippen molar-refractivity contribution in [2.24, 2.45) is 0 Å². The minimum absolute atomic E-state index is 0.345. The number of piperazine rings is 1. The third kappa shape index (κ3) is 5.70. The van der Waals surface area contributed by atoms with E-state index in [2.05, 4.69) is 33.1 Å². The van der Waals surface area contributed by atoms with E-state index in [-0.39, 0.29) is 6.09 Å². The highest BCUT2D eigenvalue weighted by Crippen LogP contribution is 2.36. The molecule has 1 aliphatic heterocycles. The number of ether oxygens (including phenoxy) is 3. The number of fused-ring (bicyclic) bond motifs is 1. The van der Waals surface area contributed by atoms with Gasteiger partial charge < -0.3 is 24.4 Å². The van der Waals surface area contributed by atoms with Crippen molar-refractivity contribution in [3.8, 4) is 11.5 Å². The molecule has 170 valence electrons. The quantitative estimate of drug-likeness (QED) is 0.754. The van der Waals surface area contributed by atoms with Crippen LogP contribution in [0, 0.1) is 0 Å². The van der Waals surface area contributed by atoms with Crippen molar-refractivity contribution >= 4 is 22.7 Å². The molecule has 1 amide bonds. The third-order valence-electron chi connectivity index (χ3n) is 5.40. The molecule has 0 spiro atoms. The van der Waals surface area contributed by atoms with E-state index in [9.17, 15) is 4.79 Å². The first-order valence-corrected chi connectivity index (χ1v) is 10.7. The normalized spacial score (nSPS) is 17.5. The standard InChI is InChI=1S/C23H34N4O4/c1-16-15-27(12-11-26(16)10-9-25-22(28)31-23(2,3)4)19-7-8-24-18-14-21(30-6)20(29-5)13-17(18)19/h7-8,13-14,16H,9-12,15H2,1-6H3,(H,25,28)/t16-/m1/s1. The number of benzene rings is 1. The molecule has 0 radical (unpaired) electrons. The van der Waals surface area contributed by atoms with Crippen molar-refractivity contribution in [3.63, 3.8) is 0 Å². The predicted molar refractivity (Wildman–Crippen MR) is 122 cm³/mol. The first-order chi connectivity index (χ1) is 14.7. The Morgan fingerprint density at radius 1 is 1.19 bits per heavy atom. The highest BCUT2D eigenvalue weighted by atomic mass is 16.6. The lowest BCUT2D eigenvalue weighted by Crippen LogP contribution is -2.53. The zero-order valence-corrected chi connectivity index (χ0v) is 19.4. The topological polar surface area (TPSA) is 76.2 Å². The monoisotopic (exact) mass is 430 g/mol. The Morgan fingerprint density at radius 3 is 2.55 bits per heavy atom. The molecule has 1 atom stereocenters.